The molecule has 0 spiro atoms. The van der Waals surface area contributed by atoms with Crippen molar-refractivity contribution >= 4 is 21.5 Å². The van der Waals surface area contributed by atoms with Crippen LogP contribution in [0.5, 0.6) is 0 Å². The summed E-state index contributed by atoms with van der Waals surface area (Å²) in [7, 11) is 2.05. The highest BCUT2D eigenvalue weighted by atomic mass is 19.4. The Morgan fingerprint density at radius 1 is 0.833 bits per heavy atom. The monoisotopic (exact) mass is 408 g/mol. The summed E-state index contributed by atoms with van der Waals surface area (Å²) in [5.74, 6) is 0. The summed E-state index contributed by atoms with van der Waals surface area (Å²) in [5.41, 5.74) is 6.82. The fourth-order valence-electron chi connectivity index (χ4n) is 4.30. The van der Waals surface area contributed by atoms with Gasteiger partial charge in [-0.05, 0) is 66.8 Å². The topological polar surface area (TPSA) is 3.88 Å². The zero-order valence-corrected chi connectivity index (χ0v) is 17.7. The Morgan fingerprint density at radius 2 is 1.57 bits per heavy atom. The van der Waals surface area contributed by atoms with Crippen LogP contribution in [0.15, 0.2) is 54.7 Å². The third kappa shape index (κ3) is 3.79. The van der Waals surface area contributed by atoms with Crippen LogP contribution in [0.3, 0.4) is 0 Å². The number of benzene rings is 3. The van der Waals surface area contributed by atoms with Gasteiger partial charge in [0, 0.05) is 17.9 Å². The van der Waals surface area contributed by atoms with Gasteiger partial charge in [0.15, 0.2) is 6.20 Å². The molecule has 154 valence electrons. The van der Waals surface area contributed by atoms with Crippen molar-refractivity contribution in [2.24, 2.45) is 7.05 Å². The van der Waals surface area contributed by atoms with E-state index in [0.29, 0.717) is 5.56 Å². The molecule has 0 atom stereocenters. The van der Waals surface area contributed by atoms with Crippen LogP contribution in [-0.4, -0.2) is 6.18 Å². The van der Waals surface area contributed by atoms with Gasteiger partial charge in [0.1, 0.15) is 7.05 Å². The molecule has 1 aromatic heterocycles. The van der Waals surface area contributed by atoms with E-state index in [0.717, 1.165) is 27.2 Å². The average Bonchev–Trinajstić information content (AvgIpc) is 2.68. The number of nitrogens with zero attached hydrogens (tertiary/aromatic N) is 1. The maximum Gasteiger partial charge on any atom is 0.389 e. The lowest BCUT2D eigenvalue weighted by atomic mass is 9.92. The summed E-state index contributed by atoms with van der Waals surface area (Å²) in [6.07, 6.45) is -2.86. The minimum Gasteiger partial charge on any atom is -0.200 e. The third-order valence-electron chi connectivity index (χ3n) is 5.96. The van der Waals surface area contributed by atoms with E-state index in [1.165, 1.54) is 22.3 Å². The fraction of sp³-hybridized carbons (Fsp3) is 0.269. The van der Waals surface area contributed by atoms with Gasteiger partial charge in [-0.25, -0.2) is 4.57 Å². The maximum atomic E-state index is 12.6. The third-order valence-corrected chi connectivity index (χ3v) is 5.96. The van der Waals surface area contributed by atoms with Gasteiger partial charge in [0.05, 0.1) is 10.9 Å². The Kier molecular flexibility index (Phi) is 5.05. The molecular formula is C26H25F3N+. The highest BCUT2D eigenvalue weighted by molar-refractivity contribution is 6.10. The number of hydrogen-bond acceptors (Lipinski definition) is 0. The van der Waals surface area contributed by atoms with Crippen molar-refractivity contribution < 1.29 is 17.7 Å². The minimum atomic E-state index is -4.13. The minimum absolute atomic E-state index is 0.00818. The summed E-state index contributed by atoms with van der Waals surface area (Å²) in [5, 5.41) is 4.29. The molecule has 0 aliphatic heterocycles. The molecule has 0 aliphatic carbocycles. The van der Waals surface area contributed by atoms with Gasteiger partial charge in [-0.1, -0.05) is 35.9 Å². The van der Waals surface area contributed by atoms with Gasteiger partial charge in [0.2, 0.25) is 5.69 Å². The fourth-order valence-corrected chi connectivity index (χ4v) is 4.30. The predicted octanol–water partition coefficient (Wildman–Crippen LogP) is 6.90. The molecule has 0 amide bonds. The first-order valence-corrected chi connectivity index (χ1v) is 10.1. The van der Waals surface area contributed by atoms with Crippen molar-refractivity contribution in [2.75, 3.05) is 0 Å². The summed E-state index contributed by atoms with van der Waals surface area (Å²) in [6.45, 7) is 6.39. The number of alkyl halides is 3. The molecule has 1 heterocycles. The maximum absolute atomic E-state index is 12.6. The second kappa shape index (κ2) is 7.42. The largest absolute Gasteiger partial charge is 0.389 e. The van der Waals surface area contributed by atoms with Gasteiger partial charge in [-0.2, -0.15) is 13.2 Å². The molecule has 30 heavy (non-hydrogen) atoms. The molecule has 4 heteroatoms. The van der Waals surface area contributed by atoms with E-state index in [1.54, 1.807) is 0 Å². The van der Waals surface area contributed by atoms with Gasteiger partial charge in [-0.15, -0.1) is 0 Å². The van der Waals surface area contributed by atoms with E-state index in [1.807, 2.05) is 24.3 Å². The van der Waals surface area contributed by atoms with Crippen LogP contribution in [0.1, 0.15) is 28.7 Å². The zero-order chi connectivity index (χ0) is 21.6. The number of aryl methyl sites for hydroxylation is 4. The number of halogens is 3. The molecule has 3 aromatic carbocycles. The van der Waals surface area contributed by atoms with Crippen molar-refractivity contribution in [2.45, 2.75) is 39.8 Å². The van der Waals surface area contributed by atoms with Crippen LogP contribution in [0.4, 0.5) is 13.2 Å². The van der Waals surface area contributed by atoms with E-state index in [4.69, 9.17) is 0 Å². The van der Waals surface area contributed by atoms with Gasteiger partial charge in [0.25, 0.3) is 0 Å². The molecule has 0 fully saturated rings. The zero-order valence-electron chi connectivity index (χ0n) is 17.7. The Hall–Kier alpha value is -2.88. The second-order valence-corrected chi connectivity index (χ2v) is 8.23. The smallest absolute Gasteiger partial charge is 0.200 e. The van der Waals surface area contributed by atoms with Crippen LogP contribution in [0.2, 0.25) is 0 Å². The molecule has 0 N–H and O–H groups in total. The number of aromatic nitrogens is 1. The van der Waals surface area contributed by atoms with Crippen LogP contribution in [0, 0.1) is 20.8 Å². The summed E-state index contributed by atoms with van der Waals surface area (Å²) < 4.78 is 39.9. The normalized spacial score (nSPS) is 12.1. The highest BCUT2D eigenvalue weighted by Crippen LogP contribution is 2.34. The second-order valence-electron chi connectivity index (χ2n) is 8.23. The molecule has 4 rings (SSSR count). The Morgan fingerprint density at radius 3 is 2.30 bits per heavy atom. The first-order valence-electron chi connectivity index (χ1n) is 10.1. The van der Waals surface area contributed by atoms with Gasteiger partial charge < -0.3 is 0 Å². The van der Waals surface area contributed by atoms with Crippen molar-refractivity contribution in [1.29, 1.82) is 0 Å². The van der Waals surface area contributed by atoms with Crippen molar-refractivity contribution in [3.8, 4) is 11.3 Å². The lowest BCUT2D eigenvalue weighted by Crippen LogP contribution is -2.30. The van der Waals surface area contributed by atoms with Crippen LogP contribution in [0.25, 0.3) is 32.8 Å². The van der Waals surface area contributed by atoms with Crippen molar-refractivity contribution in [3.05, 3.63) is 77.0 Å². The van der Waals surface area contributed by atoms with E-state index < -0.39 is 12.6 Å². The summed E-state index contributed by atoms with van der Waals surface area (Å²) in [6, 6.07) is 16.3. The number of rotatable bonds is 3. The molecule has 0 saturated heterocycles. The SMILES string of the molecule is Cc1cc(C)c(C)c(-c2c3ccc4cc(CCC(F)(F)F)ccc4c3cc[n+]2C)c1. The standard InChI is InChI=1S/C26H25F3N/c1-16-13-17(2)18(3)24(14-16)25-23-8-6-20-15-19(9-11-26(27,28)29)5-7-21(20)22(23)10-12-30(25)4/h5-8,10,12-15H,9,11H2,1-4H3/q+1. The van der Waals surface area contributed by atoms with Crippen LogP contribution < -0.4 is 4.57 Å². The van der Waals surface area contributed by atoms with Crippen molar-refractivity contribution in [1.82, 2.24) is 0 Å². The predicted molar refractivity (Wildman–Crippen MR) is 117 cm³/mol. The quantitative estimate of drug-likeness (QED) is 0.256. The lowest BCUT2D eigenvalue weighted by Gasteiger charge is -2.13. The van der Waals surface area contributed by atoms with Gasteiger partial charge in [-0.3, -0.25) is 0 Å². The molecule has 0 radical (unpaired) electrons. The molecular weight excluding hydrogens is 383 g/mol. The molecule has 0 unspecified atom stereocenters. The Labute approximate surface area is 174 Å². The van der Waals surface area contributed by atoms with Crippen LogP contribution >= 0.6 is 0 Å². The summed E-state index contributed by atoms with van der Waals surface area (Å²) in [4.78, 5) is 0. The van der Waals surface area contributed by atoms with Crippen LogP contribution in [-0.2, 0) is 13.5 Å². The Bertz CT molecular complexity index is 1270. The Balaban J connectivity index is 1.90. The first-order chi connectivity index (χ1) is 14.1. The number of fused-ring (bicyclic) bond motifs is 3. The molecule has 0 bridgehead atoms. The molecule has 4 aromatic rings. The van der Waals surface area contributed by atoms with E-state index in [-0.39, 0.29) is 6.42 Å². The van der Waals surface area contributed by atoms with Gasteiger partial charge >= 0.3 is 6.18 Å². The lowest BCUT2D eigenvalue weighted by molar-refractivity contribution is -0.659. The molecule has 0 saturated carbocycles. The number of hydrogen-bond donors (Lipinski definition) is 0. The van der Waals surface area contributed by atoms with Crippen molar-refractivity contribution in [3.63, 3.8) is 0 Å². The molecule has 0 aliphatic rings. The average molecular weight is 408 g/mol. The van der Waals surface area contributed by atoms with E-state index in [2.05, 4.69) is 62.8 Å². The van der Waals surface area contributed by atoms with E-state index in [9.17, 15) is 13.2 Å². The first kappa shape index (κ1) is 20.4. The summed E-state index contributed by atoms with van der Waals surface area (Å²) >= 11 is 0. The van der Waals surface area contributed by atoms with E-state index >= 15 is 0 Å². The molecule has 1 nitrogen and oxygen atoms in total. The highest BCUT2D eigenvalue weighted by Gasteiger charge is 2.26. The number of pyridine rings is 1.